The maximum absolute atomic E-state index is 13.3. The SMILES string of the molecule is Cc1cc(COc2ccc(C(=O)N[C@@H]3C[N+]([O-])(C(C)C)CC[C@@H]3C(=O)NOC(=O)C(F)(F)F)cc2)c2ccccc2n1. The highest BCUT2D eigenvalue weighted by molar-refractivity contribution is 5.95. The van der Waals surface area contributed by atoms with Crippen LogP contribution in [0.15, 0.2) is 54.6 Å². The normalized spacial score (nSPS) is 20.7. The third-order valence-electron chi connectivity index (χ3n) is 7.32. The Bertz CT molecular complexity index is 1460. The zero-order chi connectivity index (χ0) is 30.7. The molecular weight excluding hydrogens is 557 g/mol. The summed E-state index contributed by atoms with van der Waals surface area (Å²) in [5.74, 6) is -4.82. The van der Waals surface area contributed by atoms with E-state index in [1.807, 2.05) is 37.3 Å². The Kier molecular flexibility index (Phi) is 9.02. The number of aromatic nitrogens is 1. The van der Waals surface area contributed by atoms with Crippen LogP contribution in [0.3, 0.4) is 0 Å². The van der Waals surface area contributed by atoms with Gasteiger partial charge in [-0.15, -0.1) is 0 Å². The van der Waals surface area contributed by atoms with Crippen molar-refractivity contribution in [3.63, 3.8) is 0 Å². The Morgan fingerprint density at radius 2 is 1.81 bits per heavy atom. The molecule has 1 saturated heterocycles. The van der Waals surface area contributed by atoms with Crippen LogP contribution in [-0.2, 0) is 21.0 Å². The van der Waals surface area contributed by atoms with Crippen LogP contribution < -0.4 is 15.5 Å². The predicted molar refractivity (Wildman–Crippen MR) is 145 cm³/mol. The molecule has 10 nitrogen and oxygen atoms in total. The quantitative estimate of drug-likeness (QED) is 0.242. The van der Waals surface area contributed by atoms with Crippen LogP contribution in [0.2, 0.25) is 0 Å². The number of rotatable bonds is 7. The van der Waals surface area contributed by atoms with Gasteiger partial charge in [0.1, 0.15) is 12.4 Å². The molecule has 1 aliphatic heterocycles. The number of amides is 2. The minimum atomic E-state index is -5.30. The minimum absolute atomic E-state index is 0.00629. The number of hydroxylamine groups is 4. The fraction of sp³-hybridized carbons (Fsp3) is 0.379. The first-order valence-corrected chi connectivity index (χ1v) is 13.3. The van der Waals surface area contributed by atoms with Gasteiger partial charge < -0.3 is 24.7 Å². The average Bonchev–Trinajstić information content (AvgIpc) is 2.94. The number of carbonyl (C=O) groups excluding carboxylic acids is 3. The molecule has 0 saturated carbocycles. The topological polar surface area (TPSA) is 130 Å². The van der Waals surface area contributed by atoms with E-state index < -0.39 is 46.6 Å². The van der Waals surface area contributed by atoms with Gasteiger partial charge in [-0.1, -0.05) is 18.2 Å². The van der Waals surface area contributed by atoms with Gasteiger partial charge in [-0.05, 0) is 57.2 Å². The molecule has 0 aliphatic carbocycles. The van der Waals surface area contributed by atoms with Gasteiger partial charge in [0.2, 0.25) is 0 Å². The Morgan fingerprint density at radius 1 is 1.12 bits per heavy atom. The largest absolute Gasteiger partial charge is 0.633 e. The smallest absolute Gasteiger partial charge is 0.493 e. The van der Waals surface area contributed by atoms with Crippen molar-refractivity contribution in [3.05, 3.63) is 76.6 Å². The fourth-order valence-electron chi connectivity index (χ4n) is 4.90. The molecule has 2 aromatic carbocycles. The number of alkyl halides is 3. The highest BCUT2D eigenvalue weighted by Crippen LogP contribution is 2.27. The van der Waals surface area contributed by atoms with Crippen LogP contribution in [0.1, 0.15) is 41.9 Å². The number of pyridine rings is 1. The summed E-state index contributed by atoms with van der Waals surface area (Å²) >= 11 is 0. The first-order valence-electron chi connectivity index (χ1n) is 13.3. The number of ether oxygens (including phenoxy) is 1. The number of hydrogen-bond donors (Lipinski definition) is 2. The van der Waals surface area contributed by atoms with Gasteiger partial charge in [0.15, 0.2) is 0 Å². The molecule has 1 aromatic heterocycles. The van der Waals surface area contributed by atoms with E-state index in [4.69, 9.17) is 4.74 Å². The Morgan fingerprint density at radius 3 is 2.48 bits per heavy atom. The van der Waals surface area contributed by atoms with Gasteiger partial charge in [0, 0.05) is 28.6 Å². The van der Waals surface area contributed by atoms with Crippen molar-refractivity contribution in [1.82, 2.24) is 15.8 Å². The minimum Gasteiger partial charge on any atom is -0.633 e. The van der Waals surface area contributed by atoms with Crippen molar-refractivity contribution in [3.8, 4) is 5.75 Å². The van der Waals surface area contributed by atoms with Crippen LogP contribution in [0.4, 0.5) is 13.2 Å². The summed E-state index contributed by atoms with van der Waals surface area (Å²) < 4.78 is 42.6. The van der Waals surface area contributed by atoms with E-state index in [0.29, 0.717) is 5.75 Å². The molecule has 2 N–H and O–H groups in total. The average molecular weight is 589 g/mol. The maximum atomic E-state index is 13.3. The van der Waals surface area contributed by atoms with E-state index in [-0.39, 0.29) is 31.7 Å². The number of nitrogens with one attached hydrogen (secondary N) is 2. The summed E-state index contributed by atoms with van der Waals surface area (Å²) in [6.07, 6.45) is -5.34. The molecule has 0 bridgehead atoms. The number of aryl methyl sites for hydroxylation is 1. The second-order valence-corrected chi connectivity index (χ2v) is 10.5. The summed E-state index contributed by atoms with van der Waals surface area (Å²) in [6.45, 7) is 5.36. The van der Waals surface area contributed by atoms with Crippen LogP contribution in [0.25, 0.3) is 10.9 Å². The lowest BCUT2D eigenvalue weighted by molar-refractivity contribution is -0.907. The second-order valence-electron chi connectivity index (χ2n) is 10.5. The summed E-state index contributed by atoms with van der Waals surface area (Å²) in [4.78, 5) is 45.2. The number of benzene rings is 2. The Labute approximate surface area is 239 Å². The monoisotopic (exact) mass is 588 g/mol. The molecule has 3 aromatic rings. The van der Waals surface area contributed by atoms with E-state index in [2.05, 4.69) is 15.1 Å². The van der Waals surface area contributed by atoms with E-state index in [1.54, 1.807) is 26.0 Å². The molecule has 2 heterocycles. The lowest BCUT2D eigenvalue weighted by Gasteiger charge is -2.52. The lowest BCUT2D eigenvalue weighted by atomic mass is 9.89. The van der Waals surface area contributed by atoms with Gasteiger partial charge in [0.05, 0.1) is 36.6 Å². The molecule has 224 valence electrons. The first-order chi connectivity index (χ1) is 19.8. The number of hydrogen-bond acceptors (Lipinski definition) is 7. The molecule has 0 radical (unpaired) electrons. The third-order valence-corrected chi connectivity index (χ3v) is 7.32. The summed E-state index contributed by atoms with van der Waals surface area (Å²) in [5, 5.41) is 16.9. The van der Waals surface area contributed by atoms with Crippen LogP contribution in [0, 0.1) is 18.0 Å². The van der Waals surface area contributed by atoms with Crippen molar-refractivity contribution in [2.75, 3.05) is 13.1 Å². The van der Waals surface area contributed by atoms with Crippen molar-refractivity contribution in [1.29, 1.82) is 0 Å². The van der Waals surface area contributed by atoms with Crippen molar-refractivity contribution >= 4 is 28.7 Å². The molecule has 4 rings (SSSR count). The second kappa shape index (κ2) is 12.3. The lowest BCUT2D eigenvalue weighted by Crippen LogP contribution is -2.64. The number of quaternary nitrogens is 1. The summed E-state index contributed by atoms with van der Waals surface area (Å²) in [6, 6.07) is 14.5. The number of halogens is 3. The molecule has 1 fully saturated rings. The van der Waals surface area contributed by atoms with Crippen molar-refractivity contribution < 1.29 is 41.8 Å². The molecule has 13 heteroatoms. The van der Waals surface area contributed by atoms with Crippen molar-refractivity contribution in [2.45, 2.75) is 52.1 Å². The molecule has 2 amide bonds. The van der Waals surface area contributed by atoms with Crippen LogP contribution >= 0.6 is 0 Å². The zero-order valence-corrected chi connectivity index (χ0v) is 23.2. The summed E-state index contributed by atoms with van der Waals surface area (Å²) in [7, 11) is 0. The van der Waals surface area contributed by atoms with Crippen LogP contribution in [-0.4, -0.2) is 58.8 Å². The molecular formula is C29H31F3N4O6. The number of piperidine rings is 1. The van der Waals surface area contributed by atoms with Gasteiger partial charge >= 0.3 is 12.1 Å². The predicted octanol–water partition coefficient (Wildman–Crippen LogP) is 4.10. The van der Waals surface area contributed by atoms with E-state index in [1.165, 1.54) is 17.6 Å². The Balaban J connectivity index is 1.43. The van der Waals surface area contributed by atoms with Gasteiger partial charge in [0.25, 0.3) is 11.8 Å². The molecule has 3 atom stereocenters. The third kappa shape index (κ3) is 7.15. The number of likely N-dealkylation sites (tertiary alicyclic amines) is 1. The molecule has 42 heavy (non-hydrogen) atoms. The van der Waals surface area contributed by atoms with Gasteiger partial charge in [-0.3, -0.25) is 14.6 Å². The molecule has 1 unspecified atom stereocenters. The highest BCUT2D eigenvalue weighted by Gasteiger charge is 2.44. The van der Waals surface area contributed by atoms with E-state index in [0.717, 1.165) is 22.2 Å². The number of para-hydroxylation sites is 1. The van der Waals surface area contributed by atoms with Crippen molar-refractivity contribution in [2.24, 2.45) is 5.92 Å². The fourth-order valence-corrected chi connectivity index (χ4v) is 4.90. The molecule has 1 aliphatic rings. The molecule has 0 spiro atoms. The first kappa shape index (κ1) is 30.7. The number of fused-ring (bicyclic) bond motifs is 1. The standard InChI is InChI=1S/C29H31F3N4O6/c1-17(2)36(40)13-12-23(27(38)35-42-28(39)29(30,31)32)25(15-36)34-26(37)19-8-10-21(11-9-19)41-16-20-14-18(3)33-24-7-5-4-6-22(20)24/h4-11,14,17,23,25H,12-13,15-16H2,1-3H3,(H,34,37)(H,35,38)/t23-,25+,36?/m0/s1. The van der Waals surface area contributed by atoms with Gasteiger partial charge in [-0.25, -0.2) is 4.79 Å². The van der Waals surface area contributed by atoms with E-state index in [9.17, 15) is 32.8 Å². The number of carbonyl (C=O) groups is 3. The van der Waals surface area contributed by atoms with Gasteiger partial charge in [-0.2, -0.15) is 18.7 Å². The highest BCUT2D eigenvalue weighted by atomic mass is 19.4. The zero-order valence-electron chi connectivity index (χ0n) is 23.2. The number of nitrogens with zero attached hydrogens (tertiary/aromatic N) is 2. The van der Waals surface area contributed by atoms with E-state index >= 15 is 0 Å². The maximum Gasteiger partial charge on any atom is 0.493 e. The summed E-state index contributed by atoms with van der Waals surface area (Å²) in [5.41, 5.74) is 4.39. The van der Waals surface area contributed by atoms with Crippen LogP contribution in [0.5, 0.6) is 5.75 Å². The Hall–Kier alpha value is -4.23.